The average Bonchev–Trinajstić information content (AvgIpc) is 2.90. The van der Waals surface area contributed by atoms with Crippen LogP contribution in [-0.4, -0.2) is 18.3 Å². The molecule has 0 aliphatic heterocycles. The Morgan fingerprint density at radius 1 is 1.40 bits per heavy atom. The summed E-state index contributed by atoms with van der Waals surface area (Å²) in [4.78, 5) is 1.20. The molecule has 0 amide bonds. The molecule has 0 saturated carbocycles. The summed E-state index contributed by atoms with van der Waals surface area (Å²) in [5.74, 6) is 6.75. The van der Waals surface area contributed by atoms with Gasteiger partial charge >= 0.3 is 0 Å². The molecule has 112 valence electrons. The molecular weight excluding hydrogens is 268 g/mol. The van der Waals surface area contributed by atoms with E-state index in [2.05, 4.69) is 31.1 Å². The molecule has 1 N–H and O–H groups in total. The molecule has 3 heteroatoms. The van der Waals surface area contributed by atoms with Gasteiger partial charge in [-0.05, 0) is 23.8 Å². The van der Waals surface area contributed by atoms with Gasteiger partial charge in [-0.25, -0.2) is 0 Å². The normalized spacial score (nSPS) is 11.9. The largest absolute Gasteiger partial charge is 0.395 e. The van der Waals surface area contributed by atoms with E-state index in [0.29, 0.717) is 18.9 Å². The van der Waals surface area contributed by atoms with E-state index in [4.69, 9.17) is 9.84 Å². The fourth-order valence-electron chi connectivity index (χ4n) is 1.99. The van der Waals surface area contributed by atoms with E-state index in [1.54, 1.807) is 11.3 Å². The van der Waals surface area contributed by atoms with E-state index < -0.39 is 0 Å². The van der Waals surface area contributed by atoms with Gasteiger partial charge in [-0.1, -0.05) is 45.0 Å². The van der Waals surface area contributed by atoms with Crippen LogP contribution >= 0.6 is 11.3 Å². The van der Waals surface area contributed by atoms with E-state index in [9.17, 15) is 0 Å². The Labute approximate surface area is 127 Å². The lowest BCUT2D eigenvalue weighted by Crippen LogP contribution is -2.08. The second kappa shape index (κ2) is 10.9. The number of hydrogen-bond acceptors (Lipinski definition) is 3. The van der Waals surface area contributed by atoms with Crippen molar-refractivity contribution in [3.05, 3.63) is 21.9 Å². The Kier molecular flexibility index (Phi) is 9.40. The molecule has 1 atom stereocenters. The molecule has 2 nitrogen and oxygen atoms in total. The number of aliphatic hydroxyl groups is 1. The zero-order chi connectivity index (χ0) is 14.6. The van der Waals surface area contributed by atoms with Gasteiger partial charge in [0.25, 0.3) is 0 Å². The van der Waals surface area contributed by atoms with Crippen molar-refractivity contribution < 1.29 is 9.84 Å². The zero-order valence-electron chi connectivity index (χ0n) is 12.7. The summed E-state index contributed by atoms with van der Waals surface area (Å²) < 4.78 is 5.87. The lowest BCUT2D eigenvalue weighted by atomic mass is 10.0. The Balaban J connectivity index is 2.38. The summed E-state index contributed by atoms with van der Waals surface area (Å²) in [6.45, 7) is 6.09. The van der Waals surface area contributed by atoms with E-state index >= 15 is 0 Å². The average molecular weight is 294 g/mol. The third kappa shape index (κ3) is 6.56. The van der Waals surface area contributed by atoms with E-state index in [1.807, 2.05) is 6.07 Å². The number of ether oxygens (including phenoxy) is 1. The van der Waals surface area contributed by atoms with Crippen LogP contribution in [0.25, 0.3) is 0 Å². The van der Waals surface area contributed by atoms with Crippen LogP contribution in [0.5, 0.6) is 0 Å². The first-order valence-corrected chi connectivity index (χ1v) is 8.43. The van der Waals surface area contributed by atoms with Gasteiger partial charge in [0.2, 0.25) is 0 Å². The van der Waals surface area contributed by atoms with Gasteiger partial charge < -0.3 is 9.84 Å². The van der Waals surface area contributed by atoms with Crippen LogP contribution in [0.2, 0.25) is 0 Å². The van der Waals surface area contributed by atoms with E-state index in [-0.39, 0.29) is 6.61 Å². The van der Waals surface area contributed by atoms with Gasteiger partial charge in [0.1, 0.15) is 0 Å². The van der Waals surface area contributed by atoms with Gasteiger partial charge in [-0.2, -0.15) is 0 Å². The molecule has 0 aromatic carbocycles. The summed E-state index contributed by atoms with van der Waals surface area (Å²) in [7, 11) is 0. The summed E-state index contributed by atoms with van der Waals surface area (Å²) in [6, 6.07) is 2.03. The van der Waals surface area contributed by atoms with Gasteiger partial charge in [-0.3, -0.25) is 0 Å². The summed E-state index contributed by atoms with van der Waals surface area (Å²) in [6.07, 6.45) is 5.53. The van der Waals surface area contributed by atoms with Gasteiger partial charge in [0, 0.05) is 23.5 Å². The molecule has 0 spiro atoms. The third-order valence-corrected chi connectivity index (χ3v) is 4.23. The van der Waals surface area contributed by atoms with Crippen molar-refractivity contribution in [3.63, 3.8) is 0 Å². The van der Waals surface area contributed by atoms with Crippen LogP contribution in [0.3, 0.4) is 0 Å². The third-order valence-electron chi connectivity index (χ3n) is 3.34. The predicted octanol–water partition coefficient (Wildman–Crippen LogP) is 4.22. The van der Waals surface area contributed by atoms with Gasteiger partial charge in [-0.15, -0.1) is 11.3 Å². The number of rotatable bonds is 9. The standard InChI is InChI=1S/C17H26O2S/c1-3-5-8-15(4-2)13-19-14-17-16(10-12-20-17)9-6-7-11-18/h10,12,15,18H,3-5,7-8,11,13-14H2,1-2H3. The van der Waals surface area contributed by atoms with Crippen molar-refractivity contribution >= 4 is 11.3 Å². The quantitative estimate of drug-likeness (QED) is 0.691. The van der Waals surface area contributed by atoms with Gasteiger partial charge in [0.05, 0.1) is 13.2 Å². The molecule has 1 unspecified atom stereocenters. The highest BCUT2D eigenvalue weighted by molar-refractivity contribution is 7.10. The maximum absolute atomic E-state index is 8.74. The number of aliphatic hydroxyl groups excluding tert-OH is 1. The molecule has 0 bridgehead atoms. The molecule has 1 aromatic rings. The number of thiophene rings is 1. The minimum absolute atomic E-state index is 0.124. The minimum Gasteiger partial charge on any atom is -0.395 e. The molecule has 1 rings (SSSR count). The Morgan fingerprint density at radius 3 is 2.95 bits per heavy atom. The molecule has 20 heavy (non-hydrogen) atoms. The summed E-state index contributed by atoms with van der Waals surface area (Å²) in [5, 5.41) is 10.8. The summed E-state index contributed by atoms with van der Waals surface area (Å²) >= 11 is 1.69. The summed E-state index contributed by atoms with van der Waals surface area (Å²) in [5.41, 5.74) is 1.05. The second-order valence-electron chi connectivity index (χ2n) is 4.96. The van der Waals surface area contributed by atoms with Crippen molar-refractivity contribution in [2.75, 3.05) is 13.2 Å². The zero-order valence-corrected chi connectivity index (χ0v) is 13.5. The van der Waals surface area contributed by atoms with Crippen molar-refractivity contribution in [3.8, 4) is 11.8 Å². The van der Waals surface area contributed by atoms with Crippen molar-refractivity contribution in [1.29, 1.82) is 0 Å². The van der Waals surface area contributed by atoms with Crippen LogP contribution in [-0.2, 0) is 11.3 Å². The molecular formula is C17H26O2S. The Hall–Kier alpha value is -0.820. The smallest absolute Gasteiger partial charge is 0.0822 e. The second-order valence-corrected chi connectivity index (χ2v) is 5.97. The van der Waals surface area contributed by atoms with Crippen LogP contribution < -0.4 is 0 Å². The molecule has 0 fully saturated rings. The minimum atomic E-state index is 0.124. The maximum atomic E-state index is 8.74. The molecule has 0 aliphatic rings. The fourth-order valence-corrected chi connectivity index (χ4v) is 2.76. The topological polar surface area (TPSA) is 29.5 Å². The predicted molar refractivity (Wildman–Crippen MR) is 85.9 cm³/mol. The van der Waals surface area contributed by atoms with Crippen molar-refractivity contribution in [1.82, 2.24) is 0 Å². The van der Waals surface area contributed by atoms with Crippen molar-refractivity contribution in [2.24, 2.45) is 5.92 Å². The molecule has 0 radical (unpaired) electrons. The molecule has 1 aromatic heterocycles. The van der Waals surface area contributed by atoms with Crippen LogP contribution in [0.15, 0.2) is 11.4 Å². The fraction of sp³-hybridized carbons (Fsp3) is 0.647. The number of hydrogen-bond donors (Lipinski definition) is 1. The molecule has 1 heterocycles. The Bertz CT molecular complexity index is 414. The first-order valence-electron chi connectivity index (χ1n) is 7.55. The first-order chi connectivity index (χ1) is 9.81. The van der Waals surface area contributed by atoms with E-state index in [1.165, 1.54) is 30.6 Å². The highest BCUT2D eigenvalue weighted by Crippen LogP contribution is 2.19. The van der Waals surface area contributed by atoms with Crippen LogP contribution in [0, 0.1) is 17.8 Å². The van der Waals surface area contributed by atoms with Crippen LogP contribution in [0.1, 0.15) is 56.4 Å². The SMILES string of the molecule is CCCCC(CC)COCc1sccc1C#CCCO. The monoisotopic (exact) mass is 294 g/mol. The highest BCUT2D eigenvalue weighted by Gasteiger charge is 2.07. The van der Waals surface area contributed by atoms with Gasteiger partial charge in [0.15, 0.2) is 0 Å². The lowest BCUT2D eigenvalue weighted by molar-refractivity contribution is 0.0835. The first kappa shape index (κ1) is 17.2. The van der Waals surface area contributed by atoms with Crippen molar-refractivity contribution in [2.45, 2.75) is 52.6 Å². The molecule has 0 aliphatic carbocycles. The van der Waals surface area contributed by atoms with Crippen LogP contribution in [0.4, 0.5) is 0 Å². The Morgan fingerprint density at radius 2 is 2.25 bits per heavy atom. The molecule has 0 saturated heterocycles. The maximum Gasteiger partial charge on any atom is 0.0822 e. The number of unbranched alkanes of at least 4 members (excludes halogenated alkanes) is 1. The highest BCUT2D eigenvalue weighted by atomic mass is 32.1. The lowest BCUT2D eigenvalue weighted by Gasteiger charge is -2.14. The van der Waals surface area contributed by atoms with E-state index in [0.717, 1.165) is 12.2 Å².